The van der Waals surface area contributed by atoms with Crippen LogP contribution in [0.4, 0.5) is 0 Å². The summed E-state index contributed by atoms with van der Waals surface area (Å²) in [6, 6.07) is 11.3. The minimum atomic E-state index is -0.227. The largest absolute Gasteiger partial charge is 0.491 e. The van der Waals surface area contributed by atoms with Crippen molar-refractivity contribution in [2.45, 2.75) is 13.0 Å². The van der Waals surface area contributed by atoms with Crippen molar-refractivity contribution in [1.82, 2.24) is 0 Å². The molecule has 0 saturated carbocycles. The van der Waals surface area contributed by atoms with Crippen molar-refractivity contribution in [3.05, 3.63) is 54.0 Å². The summed E-state index contributed by atoms with van der Waals surface area (Å²) in [4.78, 5) is 0. The predicted molar refractivity (Wildman–Crippen MR) is 62.3 cm³/mol. The number of benzene rings is 1. The van der Waals surface area contributed by atoms with Gasteiger partial charge in [0.25, 0.3) is 0 Å². The summed E-state index contributed by atoms with van der Waals surface area (Å²) in [6.07, 6.45) is 1.61. The van der Waals surface area contributed by atoms with Crippen LogP contribution in [0.3, 0.4) is 0 Å². The van der Waals surface area contributed by atoms with Crippen LogP contribution in [-0.4, -0.2) is 6.61 Å². The maximum atomic E-state index is 5.92. The highest BCUT2D eigenvalue weighted by Gasteiger charge is 2.09. The van der Waals surface area contributed by atoms with E-state index in [0.29, 0.717) is 6.61 Å². The molecule has 1 unspecified atom stereocenters. The average molecular weight is 217 g/mol. The molecule has 0 radical (unpaired) electrons. The number of nitrogens with two attached hydrogens (primary N) is 1. The molecule has 3 nitrogen and oxygen atoms in total. The zero-order valence-electron chi connectivity index (χ0n) is 9.22. The van der Waals surface area contributed by atoms with Gasteiger partial charge in [-0.25, -0.2) is 0 Å². The van der Waals surface area contributed by atoms with Gasteiger partial charge in [-0.1, -0.05) is 18.2 Å². The smallest absolute Gasteiger partial charge is 0.123 e. The molecule has 2 N–H and O–H groups in total. The first-order valence-corrected chi connectivity index (χ1v) is 5.25. The molecule has 1 atom stereocenters. The molecule has 0 amide bonds. The molecule has 0 fully saturated rings. The number of aryl methyl sites for hydroxylation is 1. The van der Waals surface area contributed by atoms with Gasteiger partial charge in [0.2, 0.25) is 0 Å². The van der Waals surface area contributed by atoms with E-state index in [2.05, 4.69) is 0 Å². The second-order valence-electron chi connectivity index (χ2n) is 3.70. The van der Waals surface area contributed by atoms with Gasteiger partial charge < -0.3 is 14.9 Å². The van der Waals surface area contributed by atoms with Crippen molar-refractivity contribution < 1.29 is 9.15 Å². The maximum Gasteiger partial charge on any atom is 0.123 e. The number of rotatable bonds is 4. The summed E-state index contributed by atoms with van der Waals surface area (Å²) in [5.74, 6) is 1.61. The van der Waals surface area contributed by atoms with Crippen molar-refractivity contribution in [2.24, 2.45) is 5.73 Å². The van der Waals surface area contributed by atoms with E-state index in [4.69, 9.17) is 14.9 Å². The van der Waals surface area contributed by atoms with E-state index >= 15 is 0 Å². The molecule has 16 heavy (non-hydrogen) atoms. The minimum Gasteiger partial charge on any atom is -0.491 e. The topological polar surface area (TPSA) is 48.4 Å². The van der Waals surface area contributed by atoms with E-state index in [0.717, 1.165) is 17.1 Å². The first kappa shape index (κ1) is 10.8. The summed E-state index contributed by atoms with van der Waals surface area (Å²) in [5, 5.41) is 0. The monoisotopic (exact) mass is 217 g/mol. The van der Waals surface area contributed by atoms with E-state index in [1.807, 2.05) is 43.3 Å². The van der Waals surface area contributed by atoms with E-state index < -0.39 is 0 Å². The lowest BCUT2D eigenvalue weighted by Gasteiger charge is -2.12. The fraction of sp³-hybridized carbons (Fsp3) is 0.231. The first-order chi connectivity index (χ1) is 7.77. The zero-order valence-corrected chi connectivity index (χ0v) is 9.22. The third-order valence-corrected chi connectivity index (χ3v) is 2.42. The summed E-state index contributed by atoms with van der Waals surface area (Å²) >= 11 is 0. The third-order valence-electron chi connectivity index (χ3n) is 2.42. The Balaban J connectivity index is 1.95. The molecular formula is C13H15NO2. The molecule has 0 saturated heterocycles. The first-order valence-electron chi connectivity index (χ1n) is 5.25. The van der Waals surface area contributed by atoms with E-state index in [1.165, 1.54) is 0 Å². The van der Waals surface area contributed by atoms with Gasteiger partial charge in [-0.2, -0.15) is 0 Å². The lowest BCUT2D eigenvalue weighted by Crippen LogP contribution is -2.18. The van der Waals surface area contributed by atoms with Gasteiger partial charge >= 0.3 is 0 Å². The van der Waals surface area contributed by atoms with Crippen molar-refractivity contribution >= 4 is 0 Å². The standard InChI is InChI=1S/C13H15NO2/c1-10-5-2-3-6-12(10)16-9-11(14)13-7-4-8-15-13/h2-8,11H,9,14H2,1H3. The van der Waals surface area contributed by atoms with Gasteiger partial charge in [0.05, 0.1) is 12.3 Å². The summed E-state index contributed by atoms with van der Waals surface area (Å²) in [7, 11) is 0. The van der Waals surface area contributed by atoms with Crippen molar-refractivity contribution in [1.29, 1.82) is 0 Å². The quantitative estimate of drug-likeness (QED) is 0.856. The highest BCUT2D eigenvalue weighted by Crippen LogP contribution is 2.18. The molecule has 1 aromatic heterocycles. The van der Waals surface area contributed by atoms with Crippen LogP contribution < -0.4 is 10.5 Å². The van der Waals surface area contributed by atoms with Gasteiger partial charge in [0.15, 0.2) is 0 Å². The minimum absolute atomic E-state index is 0.227. The third kappa shape index (κ3) is 2.44. The SMILES string of the molecule is Cc1ccccc1OCC(N)c1ccco1. The Bertz CT molecular complexity index is 437. The molecule has 0 spiro atoms. The molecule has 0 aliphatic carbocycles. The Morgan fingerprint density at radius 1 is 1.25 bits per heavy atom. The lowest BCUT2D eigenvalue weighted by atomic mass is 10.2. The van der Waals surface area contributed by atoms with E-state index in [9.17, 15) is 0 Å². The average Bonchev–Trinajstić information content (AvgIpc) is 2.81. The molecule has 0 aliphatic rings. The van der Waals surface area contributed by atoms with Crippen molar-refractivity contribution in [2.75, 3.05) is 6.61 Å². The van der Waals surface area contributed by atoms with Crippen LogP contribution in [0.2, 0.25) is 0 Å². The Kier molecular flexibility index (Phi) is 3.27. The number of furan rings is 1. The Hall–Kier alpha value is -1.74. The summed E-state index contributed by atoms with van der Waals surface area (Å²) in [6.45, 7) is 2.42. The van der Waals surface area contributed by atoms with E-state index in [1.54, 1.807) is 6.26 Å². The van der Waals surface area contributed by atoms with Gasteiger partial charge in [-0.3, -0.25) is 0 Å². The zero-order chi connectivity index (χ0) is 11.4. The van der Waals surface area contributed by atoms with Gasteiger partial charge in [0.1, 0.15) is 18.1 Å². The molecule has 1 heterocycles. The molecular weight excluding hydrogens is 202 g/mol. The van der Waals surface area contributed by atoms with Crippen LogP contribution in [-0.2, 0) is 0 Å². The van der Waals surface area contributed by atoms with Crippen LogP contribution in [0.25, 0.3) is 0 Å². The molecule has 0 aliphatic heterocycles. The highest BCUT2D eigenvalue weighted by molar-refractivity contribution is 5.31. The second-order valence-corrected chi connectivity index (χ2v) is 3.70. The predicted octanol–water partition coefficient (Wildman–Crippen LogP) is 2.67. The highest BCUT2D eigenvalue weighted by atomic mass is 16.5. The summed E-state index contributed by atoms with van der Waals surface area (Å²) < 4.78 is 10.8. The molecule has 3 heteroatoms. The Labute approximate surface area is 94.8 Å². The van der Waals surface area contributed by atoms with Crippen LogP contribution in [0, 0.1) is 6.92 Å². The van der Waals surface area contributed by atoms with Crippen molar-refractivity contribution in [3.8, 4) is 5.75 Å². The van der Waals surface area contributed by atoms with E-state index in [-0.39, 0.29) is 6.04 Å². The number of ether oxygens (including phenoxy) is 1. The van der Waals surface area contributed by atoms with Gasteiger partial charge in [-0.15, -0.1) is 0 Å². The second kappa shape index (κ2) is 4.86. The van der Waals surface area contributed by atoms with Crippen LogP contribution in [0.1, 0.15) is 17.4 Å². The van der Waals surface area contributed by atoms with Crippen LogP contribution in [0.15, 0.2) is 47.1 Å². The van der Waals surface area contributed by atoms with Gasteiger partial charge in [-0.05, 0) is 30.7 Å². The number of hydrogen-bond acceptors (Lipinski definition) is 3. The lowest BCUT2D eigenvalue weighted by molar-refractivity contribution is 0.271. The molecule has 1 aromatic carbocycles. The number of para-hydroxylation sites is 1. The fourth-order valence-electron chi connectivity index (χ4n) is 1.48. The Morgan fingerprint density at radius 2 is 2.06 bits per heavy atom. The molecule has 2 rings (SSSR count). The fourth-order valence-corrected chi connectivity index (χ4v) is 1.48. The van der Waals surface area contributed by atoms with Crippen LogP contribution >= 0.6 is 0 Å². The maximum absolute atomic E-state index is 5.92. The molecule has 2 aromatic rings. The number of hydrogen-bond donors (Lipinski definition) is 1. The summed E-state index contributed by atoms with van der Waals surface area (Å²) in [5.41, 5.74) is 7.02. The van der Waals surface area contributed by atoms with Gasteiger partial charge in [0, 0.05) is 0 Å². The van der Waals surface area contributed by atoms with Crippen LogP contribution in [0.5, 0.6) is 5.75 Å². The molecule has 84 valence electrons. The normalized spacial score (nSPS) is 12.4. The Morgan fingerprint density at radius 3 is 2.75 bits per heavy atom. The molecule has 0 bridgehead atoms. The van der Waals surface area contributed by atoms with Crippen molar-refractivity contribution in [3.63, 3.8) is 0 Å².